The van der Waals surface area contributed by atoms with E-state index in [0.717, 1.165) is 11.1 Å². The number of methoxy groups -OCH3 is 1. The molecule has 0 fully saturated rings. The van der Waals surface area contributed by atoms with Crippen molar-refractivity contribution in [3.63, 3.8) is 0 Å². The molecule has 32 heavy (non-hydrogen) atoms. The molecule has 0 saturated heterocycles. The van der Waals surface area contributed by atoms with E-state index in [9.17, 15) is 10.1 Å². The van der Waals surface area contributed by atoms with Crippen LogP contribution in [0.1, 0.15) is 22.3 Å². The van der Waals surface area contributed by atoms with Crippen molar-refractivity contribution < 1.29 is 14.3 Å². The highest BCUT2D eigenvalue weighted by Gasteiger charge is 2.14. The first-order chi connectivity index (χ1) is 15.4. The number of nitrogens with one attached hydrogen (secondary N) is 1. The molecule has 1 N–H and O–H groups in total. The zero-order chi connectivity index (χ0) is 23.1. The summed E-state index contributed by atoms with van der Waals surface area (Å²) >= 11 is 3.51. The van der Waals surface area contributed by atoms with Crippen LogP contribution in [0.3, 0.4) is 0 Å². The fourth-order valence-corrected chi connectivity index (χ4v) is 3.42. The molecule has 1 amide bonds. The zero-order valence-corrected chi connectivity index (χ0v) is 19.7. The van der Waals surface area contributed by atoms with Gasteiger partial charge in [-0.25, -0.2) is 0 Å². The van der Waals surface area contributed by atoms with Gasteiger partial charge in [0.25, 0.3) is 5.91 Å². The van der Waals surface area contributed by atoms with Crippen LogP contribution in [0, 0.1) is 25.2 Å². The minimum atomic E-state index is -0.479. The Labute approximate surface area is 196 Å². The number of ether oxygens (including phenoxy) is 2. The van der Waals surface area contributed by atoms with Gasteiger partial charge in [0.1, 0.15) is 18.2 Å². The van der Waals surface area contributed by atoms with Crippen LogP contribution in [-0.2, 0) is 11.4 Å². The molecule has 0 bridgehead atoms. The van der Waals surface area contributed by atoms with Crippen molar-refractivity contribution in [2.45, 2.75) is 20.5 Å². The van der Waals surface area contributed by atoms with Crippen LogP contribution in [0.4, 0.5) is 5.69 Å². The highest BCUT2D eigenvalue weighted by molar-refractivity contribution is 9.10. The average molecular weight is 491 g/mol. The van der Waals surface area contributed by atoms with Gasteiger partial charge in [-0.1, -0.05) is 64.0 Å². The van der Waals surface area contributed by atoms with Crippen LogP contribution < -0.4 is 14.8 Å². The number of rotatable bonds is 7. The molecule has 0 radical (unpaired) electrons. The molecule has 162 valence electrons. The molecule has 3 rings (SSSR count). The number of nitrogens with zero attached hydrogens (tertiary/aromatic N) is 1. The summed E-state index contributed by atoms with van der Waals surface area (Å²) in [6.45, 7) is 4.32. The van der Waals surface area contributed by atoms with Crippen molar-refractivity contribution in [1.29, 1.82) is 5.26 Å². The van der Waals surface area contributed by atoms with Gasteiger partial charge in [-0.15, -0.1) is 0 Å². The monoisotopic (exact) mass is 490 g/mol. The maximum absolute atomic E-state index is 12.6. The maximum Gasteiger partial charge on any atom is 0.266 e. The molecule has 3 aromatic carbocycles. The van der Waals surface area contributed by atoms with Gasteiger partial charge in [-0.3, -0.25) is 4.79 Å². The van der Waals surface area contributed by atoms with Crippen molar-refractivity contribution in [3.05, 3.63) is 93.0 Å². The molecule has 0 unspecified atom stereocenters. The summed E-state index contributed by atoms with van der Waals surface area (Å²) in [7, 11) is 1.55. The molecule has 3 aromatic rings. The molecule has 0 aliphatic rings. The van der Waals surface area contributed by atoms with Gasteiger partial charge in [-0.2, -0.15) is 5.26 Å². The number of halogens is 1. The van der Waals surface area contributed by atoms with E-state index >= 15 is 0 Å². The zero-order valence-electron chi connectivity index (χ0n) is 18.1. The van der Waals surface area contributed by atoms with Gasteiger partial charge in [0.05, 0.1) is 7.11 Å². The number of aryl methyl sites for hydroxylation is 2. The Hall–Kier alpha value is -3.56. The normalized spacial score (nSPS) is 10.9. The number of carbonyl (C=O) groups is 1. The number of para-hydroxylation sites is 1. The highest BCUT2D eigenvalue weighted by atomic mass is 79.9. The fourth-order valence-electron chi connectivity index (χ4n) is 2.99. The molecular formula is C26H23BrN2O3. The van der Waals surface area contributed by atoms with Crippen molar-refractivity contribution in [3.8, 4) is 17.6 Å². The van der Waals surface area contributed by atoms with Crippen molar-refractivity contribution >= 4 is 33.6 Å². The first-order valence-corrected chi connectivity index (χ1v) is 10.7. The number of anilines is 1. The van der Waals surface area contributed by atoms with E-state index in [2.05, 4.69) is 21.2 Å². The van der Waals surface area contributed by atoms with E-state index in [-0.39, 0.29) is 5.57 Å². The Balaban J connectivity index is 1.82. The summed E-state index contributed by atoms with van der Waals surface area (Å²) in [5, 5.41) is 12.3. The minimum absolute atomic E-state index is 0.0238. The van der Waals surface area contributed by atoms with Crippen molar-refractivity contribution in [2.24, 2.45) is 0 Å². The molecule has 6 heteroatoms. The van der Waals surface area contributed by atoms with Gasteiger partial charge in [0.15, 0.2) is 11.5 Å². The number of benzene rings is 3. The molecule has 0 aliphatic heterocycles. The van der Waals surface area contributed by atoms with Crippen LogP contribution in [0.15, 0.2) is 70.7 Å². The second-order valence-electron chi connectivity index (χ2n) is 7.24. The Morgan fingerprint density at radius 2 is 1.81 bits per heavy atom. The van der Waals surface area contributed by atoms with Crippen molar-refractivity contribution in [1.82, 2.24) is 0 Å². The van der Waals surface area contributed by atoms with Gasteiger partial charge in [0.2, 0.25) is 0 Å². The second-order valence-corrected chi connectivity index (χ2v) is 8.09. The van der Waals surface area contributed by atoms with E-state index in [1.165, 1.54) is 11.6 Å². The van der Waals surface area contributed by atoms with E-state index in [4.69, 9.17) is 9.47 Å². The maximum atomic E-state index is 12.6. The lowest BCUT2D eigenvalue weighted by molar-refractivity contribution is -0.112. The standard InChI is InChI=1S/C26H23BrN2O3/c1-17-8-10-19(11-9-17)16-32-25-14-22(27)20(13-24(25)31-3)12-21(15-28)26(30)29-23-7-5-4-6-18(23)2/h4-14H,16H2,1-3H3,(H,29,30)/b21-12-. The Morgan fingerprint density at radius 3 is 2.47 bits per heavy atom. The topological polar surface area (TPSA) is 71.3 Å². The lowest BCUT2D eigenvalue weighted by Crippen LogP contribution is -2.14. The summed E-state index contributed by atoms with van der Waals surface area (Å²) in [5.74, 6) is 0.579. The lowest BCUT2D eigenvalue weighted by Gasteiger charge is -2.13. The van der Waals surface area contributed by atoms with E-state index in [1.807, 2.05) is 62.4 Å². The van der Waals surface area contributed by atoms with Gasteiger partial charge in [-0.05, 0) is 54.8 Å². The summed E-state index contributed by atoms with van der Waals surface area (Å²) in [6.07, 6.45) is 1.52. The number of hydrogen-bond donors (Lipinski definition) is 1. The SMILES string of the molecule is COc1cc(/C=C(/C#N)C(=O)Nc2ccccc2C)c(Br)cc1OCc1ccc(C)cc1. The van der Waals surface area contributed by atoms with E-state index in [1.54, 1.807) is 25.3 Å². The number of carbonyl (C=O) groups excluding carboxylic acids is 1. The van der Waals surface area contributed by atoms with E-state index in [0.29, 0.717) is 33.8 Å². The predicted molar refractivity (Wildman–Crippen MR) is 130 cm³/mol. The van der Waals surface area contributed by atoms with Crippen LogP contribution in [0.5, 0.6) is 11.5 Å². The quantitative estimate of drug-likeness (QED) is 0.316. The second kappa shape index (κ2) is 10.7. The first-order valence-electron chi connectivity index (χ1n) is 9.96. The summed E-state index contributed by atoms with van der Waals surface area (Å²) in [5.41, 5.74) is 4.40. The lowest BCUT2D eigenvalue weighted by atomic mass is 10.1. The third-order valence-electron chi connectivity index (χ3n) is 4.86. The third-order valence-corrected chi connectivity index (χ3v) is 5.54. The Morgan fingerprint density at radius 1 is 1.09 bits per heavy atom. The smallest absolute Gasteiger partial charge is 0.266 e. The number of amides is 1. The van der Waals surface area contributed by atoms with Gasteiger partial charge < -0.3 is 14.8 Å². The van der Waals surface area contributed by atoms with Crippen molar-refractivity contribution in [2.75, 3.05) is 12.4 Å². The average Bonchev–Trinajstić information content (AvgIpc) is 2.79. The van der Waals surface area contributed by atoms with Crippen LogP contribution >= 0.6 is 15.9 Å². The number of nitriles is 1. The minimum Gasteiger partial charge on any atom is -0.493 e. The van der Waals surface area contributed by atoms with Crippen LogP contribution in [0.25, 0.3) is 6.08 Å². The Kier molecular flexibility index (Phi) is 7.69. The molecular weight excluding hydrogens is 468 g/mol. The number of hydrogen-bond acceptors (Lipinski definition) is 4. The molecule has 5 nitrogen and oxygen atoms in total. The summed E-state index contributed by atoms with van der Waals surface area (Å²) in [4.78, 5) is 12.6. The highest BCUT2D eigenvalue weighted by Crippen LogP contribution is 2.35. The molecule has 0 spiro atoms. The third kappa shape index (κ3) is 5.77. The van der Waals surface area contributed by atoms with E-state index < -0.39 is 5.91 Å². The molecule has 0 atom stereocenters. The fraction of sp³-hybridized carbons (Fsp3) is 0.154. The van der Waals surface area contributed by atoms with Gasteiger partial charge >= 0.3 is 0 Å². The first kappa shape index (κ1) is 23.1. The Bertz CT molecular complexity index is 1190. The van der Waals surface area contributed by atoms with Crippen LogP contribution in [0.2, 0.25) is 0 Å². The van der Waals surface area contributed by atoms with Gasteiger partial charge in [0, 0.05) is 10.2 Å². The summed E-state index contributed by atoms with van der Waals surface area (Å²) < 4.78 is 12.1. The molecule has 0 aromatic heterocycles. The predicted octanol–water partition coefficient (Wildman–Crippen LogP) is 6.20. The molecule has 0 heterocycles. The molecule has 0 saturated carbocycles. The van der Waals surface area contributed by atoms with Crippen LogP contribution in [-0.4, -0.2) is 13.0 Å². The summed E-state index contributed by atoms with van der Waals surface area (Å²) in [6, 6.07) is 21.0. The molecule has 0 aliphatic carbocycles. The largest absolute Gasteiger partial charge is 0.493 e.